The number of ether oxygens (including phenoxy) is 2. The van der Waals surface area contributed by atoms with Crippen molar-refractivity contribution in [2.24, 2.45) is 0 Å². The molecule has 3 aliphatic heterocycles. The first-order valence-electron chi connectivity index (χ1n) is 10.5. The largest absolute Gasteiger partial charge is 0.454 e. The maximum Gasteiger partial charge on any atom is 0.239 e. The second-order valence-electron chi connectivity index (χ2n) is 7.98. The van der Waals surface area contributed by atoms with E-state index in [1.54, 1.807) is 11.3 Å². The Labute approximate surface area is 180 Å². The minimum atomic E-state index is 0.0747. The molecule has 9 heteroatoms. The highest BCUT2D eigenvalue weighted by Gasteiger charge is 2.25. The molecule has 0 aliphatic carbocycles. The van der Waals surface area contributed by atoms with Crippen LogP contribution in [0, 0.1) is 0 Å². The molecule has 3 aliphatic rings. The van der Waals surface area contributed by atoms with E-state index in [9.17, 15) is 4.79 Å². The molecule has 8 nitrogen and oxygen atoms in total. The van der Waals surface area contributed by atoms with E-state index in [-0.39, 0.29) is 5.91 Å². The van der Waals surface area contributed by atoms with E-state index in [4.69, 9.17) is 9.47 Å². The van der Waals surface area contributed by atoms with E-state index < -0.39 is 0 Å². The summed E-state index contributed by atoms with van der Waals surface area (Å²) in [4.78, 5) is 24.5. The van der Waals surface area contributed by atoms with Gasteiger partial charge in [-0.2, -0.15) is 0 Å². The molecule has 5 rings (SSSR count). The molecule has 160 valence electrons. The van der Waals surface area contributed by atoms with Crippen LogP contribution in [0.2, 0.25) is 0 Å². The van der Waals surface area contributed by atoms with Crippen molar-refractivity contribution >= 4 is 22.4 Å². The summed E-state index contributed by atoms with van der Waals surface area (Å²) in [5.74, 6) is 1.76. The molecule has 30 heavy (non-hydrogen) atoms. The summed E-state index contributed by atoms with van der Waals surface area (Å²) in [5.41, 5.74) is 1.27. The zero-order valence-corrected chi connectivity index (χ0v) is 18.0. The summed E-state index contributed by atoms with van der Waals surface area (Å²) in [5, 5.41) is 3.82. The van der Waals surface area contributed by atoms with Crippen LogP contribution in [0.3, 0.4) is 0 Å². The van der Waals surface area contributed by atoms with Crippen molar-refractivity contribution in [2.45, 2.75) is 19.5 Å². The second-order valence-corrected chi connectivity index (χ2v) is 9.08. The van der Waals surface area contributed by atoms with E-state index in [1.807, 2.05) is 12.3 Å². The van der Waals surface area contributed by atoms with E-state index in [1.165, 1.54) is 10.4 Å². The third kappa shape index (κ3) is 4.10. The Morgan fingerprint density at radius 1 is 1.17 bits per heavy atom. The molecule has 1 amide bonds. The highest BCUT2D eigenvalue weighted by atomic mass is 32.1. The Morgan fingerprint density at radius 2 is 2.00 bits per heavy atom. The van der Waals surface area contributed by atoms with Crippen LogP contribution in [0.15, 0.2) is 24.4 Å². The topological polar surface area (TPSA) is 70.2 Å². The van der Waals surface area contributed by atoms with Gasteiger partial charge in [0.2, 0.25) is 12.7 Å². The first-order chi connectivity index (χ1) is 14.7. The van der Waals surface area contributed by atoms with Gasteiger partial charge in [0.05, 0.1) is 6.54 Å². The number of carbonyl (C=O) groups excluding carboxylic acids is 1. The minimum Gasteiger partial charge on any atom is -0.454 e. The van der Waals surface area contributed by atoms with Crippen LogP contribution in [0.5, 0.6) is 11.5 Å². The summed E-state index contributed by atoms with van der Waals surface area (Å²) >= 11 is 1.70. The number of thiazole rings is 1. The third-order valence-electron chi connectivity index (χ3n) is 6.06. The van der Waals surface area contributed by atoms with Crippen LogP contribution in [-0.4, -0.2) is 73.3 Å². The van der Waals surface area contributed by atoms with Gasteiger partial charge in [0.15, 0.2) is 16.6 Å². The number of carbonyl (C=O) groups is 1. The second kappa shape index (κ2) is 8.41. The zero-order chi connectivity index (χ0) is 20.5. The lowest BCUT2D eigenvalue weighted by Gasteiger charge is -2.38. The van der Waals surface area contributed by atoms with Crippen molar-refractivity contribution < 1.29 is 14.3 Å². The number of hydrogen-bond acceptors (Lipinski definition) is 8. The van der Waals surface area contributed by atoms with Gasteiger partial charge >= 0.3 is 0 Å². The van der Waals surface area contributed by atoms with Crippen molar-refractivity contribution in [3.05, 3.63) is 34.8 Å². The quantitative estimate of drug-likeness (QED) is 0.776. The molecule has 2 aromatic rings. The Bertz CT molecular complexity index is 912. The fourth-order valence-corrected chi connectivity index (χ4v) is 5.21. The lowest BCUT2D eigenvalue weighted by atomic mass is 10.1. The van der Waals surface area contributed by atoms with Crippen LogP contribution >= 0.6 is 11.3 Å². The van der Waals surface area contributed by atoms with Gasteiger partial charge in [0.1, 0.15) is 0 Å². The Balaban J connectivity index is 1.14. The monoisotopic (exact) mass is 429 g/mol. The predicted molar refractivity (Wildman–Crippen MR) is 115 cm³/mol. The molecule has 1 aromatic heterocycles. The van der Waals surface area contributed by atoms with E-state index in [0.29, 0.717) is 25.9 Å². The molecule has 0 saturated carbocycles. The number of nitrogens with one attached hydrogen (secondary N) is 1. The van der Waals surface area contributed by atoms with Crippen molar-refractivity contribution in [1.29, 1.82) is 0 Å². The molecule has 2 fully saturated rings. The van der Waals surface area contributed by atoms with Gasteiger partial charge in [-0.1, -0.05) is 6.07 Å². The average molecular weight is 430 g/mol. The molecule has 1 aromatic carbocycles. The minimum absolute atomic E-state index is 0.0747. The standard InChI is InChI=1S/C21H27N5O3S/c1-15(16-2-3-18-19(10-16)29-14-28-18)25-8-6-24(7-9-25)12-17-11-23-21(30-17)26-5-4-22-20(27)13-26/h2-3,10-11,15H,4-9,12-14H2,1H3,(H,22,27). The summed E-state index contributed by atoms with van der Waals surface area (Å²) in [7, 11) is 0. The zero-order valence-electron chi connectivity index (χ0n) is 17.2. The number of hydrogen-bond donors (Lipinski definition) is 1. The molecule has 2 saturated heterocycles. The first kappa shape index (κ1) is 19.6. The number of nitrogens with zero attached hydrogens (tertiary/aromatic N) is 4. The van der Waals surface area contributed by atoms with Gasteiger partial charge in [-0.3, -0.25) is 14.6 Å². The van der Waals surface area contributed by atoms with Crippen LogP contribution in [-0.2, 0) is 11.3 Å². The number of fused-ring (bicyclic) bond motifs is 1. The smallest absolute Gasteiger partial charge is 0.239 e. The SMILES string of the molecule is CC(c1ccc2c(c1)OCO2)N1CCN(Cc2cnc(N3CCNC(=O)C3)s2)CC1. The summed E-state index contributed by atoms with van der Waals surface area (Å²) in [6, 6.07) is 6.61. The number of benzene rings is 1. The van der Waals surface area contributed by atoms with Gasteiger partial charge in [-0.25, -0.2) is 4.98 Å². The van der Waals surface area contributed by atoms with Crippen LogP contribution in [0.25, 0.3) is 0 Å². The third-order valence-corrected chi connectivity index (χ3v) is 7.11. The normalized spacial score (nSPS) is 21.0. The molecule has 1 N–H and O–H groups in total. The number of rotatable bonds is 5. The van der Waals surface area contributed by atoms with Gasteiger partial charge < -0.3 is 19.7 Å². The number of aromatic nitrogens is 1. The highest BCUT2D eigenvalue weighted by molar-refractivity contribution is 7.15. The van der Waals surface area contributed by atoms with Crippen molar-refractivity contribution in [3.8, 4) is 11.5 Å². The Kier molecular flexibility index (Phi) is 5.49. The molecule has 4 heterocycles. The molecular formula is C21H27N5O3S. The average Bonchev–Trinajstić information content (AvgIpc) is 3.43. The fourth-order valence-electron chi connectivity index (χ4n) is 4.23. The van der Waals surface area contributed by atoms with Crippen LogP contribution < -0.4 is 19.7 Å². The van der Waals surface area contributed by atoms with Crippen LogP contribution in [0.1, 0.15) is 23.4 Å². The predicted octanol–water partition coefficient (Wildman–Crippen LogP) is 1.69. The van der Waals surface area contributed by atoms with E-state index in [0.717, 1.165) is 55.9 Å². The summed E-state index contributed by atoms with van der Waals surface area (Å²) in [6.45, 7) is 9.57. The molecule has 0 radical (unpaired) electrons. The summed E-state index contributed by atoms with van der Waals surface area (Å²) in [6.07, 6.45) is 1.97. The molecule has 1 unspecified atom stereocenters. The van der Waals surface area contributed by atoms with E-state index >= 15 is 0 Å². The number of anilines is 1. The maximum absolute atomic E-state index is 11.6. The summed E-state index contributed by atoms with van der Waals surface area (Å²) < 4.78 is 11.0. The first-order valence-corrected chi connectivity index (χ1v) is 11.3. The Hall–Kier alpha value is -2.36. The lowest BCUT2D eigenvalue weighted by molar-refractivity contribution is -0.120. The van der Waals surface area contributed by atoms with Crippen molar-refractivity contribution in [2.75, 3.05) is 57.5 Å². The van der Waals surface area contributed by atoms with Crippen molar-refractivity contribution in [1.82, 2.24) is 20.1 Å². The maximum atomic E-state index is 11.6. The molecular weight excluding hydrogens is 402 g/mol. The molecule has 1 atom stereocenters. The van der Waals surface area contributed by atoms with Gasteiger partial charge in [-0.05, 0) is 24.6 Å². The van der Waals surface area contributed by atoms with Crippen LogP contribution in [0.4, 0.5) is 5.13 Å². The van der Waals surface area contributed by atoms with E-state index in [2.05, 4.69) is 44.1 Å². The van der Waals surface area contributed by atoms with Gasteiger partial charge in [-0.15, -0.1) is 11.3 Å². The Morgan fingerprint density at radius 3 is 2.83 bits per heavy atom. The van der Waals surface area contributed by atoms with Gasteiger partial charge in [0.25, 0.3) is 0 Å². The van der Waals surface area contributed by atoms with Gasteiger partial charge in [0, 0.05) is 62.9 Å². The molecule has 0 bridgehead atoms. The highest BCUT2D eigenvalue weighted by Crippen LogP contribution is 2.35. The number of amides is 1. The fraction of sp³-hybridized carbons (Fsp3) is 0.524. The number of piperazine rings is 2. The lowest BCUT2D eigenvalue weighted by Crippen LogP contribution is -2.47. The van der Waals surface area contributed by atoms with Crippen molar-refractivity contribution in [3.63, 3.8) is 0 Å². The molecule has 0 spiro atoms.